The molecule has 8 heteroatoms. The lowest BCUT2D eigenvalue weighted by Crippen LogP contribution is -2.54. The third-order valence-electron chi connectivity index (χ3n) is 12.8. The molecule has 278 valence electrons. The average molecular weight is 695 g/mol. The van der Waals surface area contributed by atoms with Gasteiger partial charge in [0, 0.05) is 37.5 Å². The number of allylic oxidation sites excluding steroid dienone is 7. The number of hydrogen-bond donors (Lipinski definition) is 2. The molecule has 50 heavy (non-hydrogen) atoms. The van der Waals surface area contributed by atoms with Crippen LogP contribution in [0.1, 0.15) is 133 Å². The van der Waals surface area contributed by atoms with E-state index in [1.165, 1.54) is 6.92 Å². The molecule has 5 rings (SSSR count). The maximum absolute atomic E-state index is 14.9. The molecular formula is C42H62O8. The van der Waals surface area contributed by atoms with Gasteiger partial charge in [-0.2, -0.15) is 0 Å². The van der Waals surface area contributed by atoms with Crippen molar-refractivity contribution in [1.29, 1.82) is 0 Å². The van der Waals surface area contributed by atoms with E-state index >= 15 is 0 Å². The molecule has 0 amide bonds. The van der Waals surface area contributed by atoms with Crippen LogP contribution in [0.4, 0.5) is 0 Å². The van der Waals surface area contributed by atoms with Crippen LogP contribution in [0.25, 0.3) is 0 Å². The first kappa shape index (κ1) is 38.7. The zero-order valence-corrected chi connectivity index (χ0v) is 32.0. The van der Waals surface area contributed by atoms with Gasteiger partial charge >= 0.3 is 11.9 Å². The molecule has 0 unspecified atom stereocenters. The predicted molar refractivity (Wildman–Crippen MR) is 193 cm³/mol. The fraction of sp³-hybridized carbons (Fsp3) is 0.738. The highest BCUT2D eigenvalue weighted by Gasteiger charge is 2.65. The number of ketones is 1. The first-order valence-electron chi connectivity index (χ1n) is 19.1. The lowest BCUT2D eigenvalue weighted by Gasteiger charge is -2.48. The van der Waals surface area contributed by atoms with E-state index in [2.05, 4.69) is 46.8 Å². The third-order valence-corrected chi connectivity index (χ3v) is 12.8. The summed E-state index contributed by atoms with van der Waals surface area (Å²) in [5.74, 6) is -1.79. The highest BCUT2D eigenvalue weighted by atomic mass is 16.6. The third kappa shape index (κ3) is 7.78. The van der Waals surface area contributed by atoms with E-state index in [1.54, 1.807) is 6.08 Å². The molecule has 0 aromatic carbocycles. The zero-order valence-electron chi connectivity index (χ0n) is 32.0. The maximum atomic E-state index is 14.9. The molecule has 2 N–H and O–H groups in total. The molecule has 0 radical (unpaired) electrons. The van der Waals surface area contributed by atoms with E-state index in [1.807, 2.05) is 20.8 Å². The summed E-state index contributed by atoms with van der Waals surface area (Å²) < 4.78 is 19.1. The van der Waals surface area contributed by atoms with Gasteiger partial charge in [0.1, 0.15) is 12.2 Å². The van der Waals surface area contributed by atoms with Gasteiger partial charge in [0.25, 0.3) is 0 Å². The van der Waals surface area contributed by atoms with Crippen LogP contribution in [0.2, 0.25) is 0 Å². The van der Waals surface area contributed by atoms with Crippen LogP contribution in [0.5, 0.6) is 0 Å². The summed E-state index contributed by atoms with van der Waals surface area (Å²) in [6.45, 7) is 17.5. The minimum absolute atomic E-state index is 0.0208. The van der Waals surface area contributed by atoms with Gasteiger partial charge in [-0.3, -0.25) is 14.4 Å². The number of ether oxygens (including phenoxy) is 3. The van der Waals surface area contributed by atoms with Crippen LogP contribution in [-0.2, 0) is 28.6 Å². The molecule has 2 saturated heterocycles. The van der Waals surface area contributed by atoms with Crippen LogP contribution < -0.4 is 0 Å². The molecule has 2 aliphatic carbocycles. The van der Waals surface area contributed by atoms with E-state index in [9.17, 15) is 24.6 Å². The molecular weight excluding hydrogens is 632 g/mol. The summed E-state index contributed by atoms with van der Waals surface area (Å²) in [6, 6.07) is 0. The smallest absolute Gasteiger partial charge is 0.314 e. The van der Waals surface area contributed by atoms with Crippen molar-refractivity contribution in [3.63, 3.8) is 0 Å². The fourth-order valence-electron chi connectivity index (χ4n) is 9.96. The van der Waals surface area contributed by atoms with E-state index < -0.39 is 47.0 Å². The SMILES string of the molecule is CC(=O)O[C@@H]1C/C(C)=C/CC/C(C)=C\C(=O)C[C@]23C(=O)O[C@@H]([C@@H]1C(C)C)[C@H]2CC(C)=C1CC[C@](C)(O)[C@H]2CC[C@@](C)(O)[C@H](CC/C(C)=C/[C@@H]13)O2. The quantitative estimate of drug-likeness (QED) is 0.223. The molecule has 2 fully saturated rings. The minimum Gasteiger partial charge on any atom is -0.462 e. The van der Waals surface area contributed by atoms with Crippen molar-refractivity contribution in [2.45, 2.75) is 169 Å². The molecule has 8 nitrogen and oxygen atoms in total. The zero-order chi connectivity index (χ0) is 36.8. The topological polar surface area (TPSA) is 119 Å². The summed E-state index contributed by atoms with van der Waals surface area (Å²) in [5.41, 5.74) is 2.06. The van der Waals surface area contributed by atoms with Gasteiger partial charge in [0.05, 0.1) is 28.8 Å². The summed E-state index contributed by atoms with van der Waals surface area (Å²) in [4.78, 5) is 41.6. The predicted octanol–water partition coefficient (Wildman–Crippen LogP) is 7.66. The highest BCUT2D eigenvalue weighted by molar-refractivity contribution is 5.96. The molecule has 5 aliphatic rings. The Labute approximate surface area is 299 Å². The summed E-state index contributed by atoms with van der Waals surface area (Å²) in [5, 5.41) is 23.2. The van der Waals surface area contributed by atoms with E-state index in [4.69, 9.17) is 14.2 Å². The van der Waals surface area contributed by atoms with Crippen molar-refractivity contribution in [3.05, 3.63) is 46.1 Å². The average Bonchev–Trinajstić information content (AvgIpc) is 3.25. The largest absolute Gasteiger partial charge is 0.462 e. The molecule has 0 aromatic heterocycles. The summed E-state index contributed by atoms with van der Waals surface area (Å²) >= 11 is 0. The number of rotatable bonds is 2. The Kier molecular flexibility index (Phi) is 11.5. The van der Waals surface area contributed by atoms with Crippen LogP contribution in [0.3, 0.4) is 0 Å². The lowest BCUT2D eigenvalue weighted by molar-refractivity contribution is -0.216. The normalized spacial score (nSPS) is 43.7. The van der Waals surface area contributed by atoms with Crippen LogP contribution in [0.15, 0.2) is 46.1 Å². The van der Waals surface area contributed by atoms with Gasteiger partial charge in [-0.05, 0) is 111 Å². The van der Waals surface area contributed by atoms with Crippen molar-refractivity contribution in [2.24, 2.45) is 29.1 Å². The van der Waals surface area contributed by atoms with Gasteiger partial charge < -0.3 is 24.4 Å². The first-order chi connectivity index (χ1) is 23.4. The van der Waals surface area contributed by atoms with Gasteiger partial charge in [-0.1, -0.05) is 53.9 Å². The number of aliphatic hydroxyl groups is 2. The summed E-state index contributed by atoms with van der Waals surface area (Å²) in [7, 11) is 0. The standard InChI is InChI=1S/C42H62O8/c1-24(2)37-34(48-29(7)43)21-26(4)12-10-11-25(3)19-30(44)23-42-32-20-27(5)13-14-35-41(9,47)18-16-36(49-35)40(8,46)17-15-31(32)28(6)22-33(42)38(37)50-39(42)45/h12,19-20,24,32-38,46-47H,10-11,13-18,21-23H2,1-9H3/b25-19-,26-12+,27-20+/t32-,33+,34+,35-,36+,37+,38+,40-,41+,42+/m0/s1. The Balaban J connectivity index is 1.70. The second kappa shape index (κ2) is 14.8. The van der Waals surface area contributed by atoms with Gasteiger partial charge in [0.2, 0.25) is 0 Å². The number of fused-ring (bicyclic) bond motifs is 3. The van der Waals surface area contributed by atoms with Crippen molar-refractivity contribution in [3.8, 4) is 0 Å². The molecule has 4 bridgehead atoms. The fourth-order valence-corrected chi connectivity index (χ4v) is 9.96. The van der Waals surface area contributed by atoms with E-state index in [-0.39, 0.29) is 41.9 Å². The number of carbonyl (C=O) groups excluding carboxylic acids is 3. The second-order valence-electron chi connectivity index (χ2n) is 17.3. The number of carbonyl (C=O) groups is 3. The Bertz CT molecular complexity index is 1460. The minimum atomic E-state index is -1.16. The number of hydrogen-bond acceptors (Lipinski definition) is 8. The van der Waals surface area contributed by atoms with Gasteiger partial charge in [0.15, 0.2) is 5.78 Å². The van der Waals surface area contributed by atoms with Crippen LogP contribution in [0, 0.1) is 29.1 Å². The van der Waals surface area contributed by atoms with Crippen molar-refractivity contribution in [2.75, 3.05) is 0 Å². The summed E-state index contributed by atoms with van der Waals surface area (Å²) in [6.07, 6.45) is 10.1. The van der Waals surface area contributed by atoms with Crippen LogP contribution >= 0.6 is 0 Å². The Morgan fingerprint density at radius 3 is 2.28 bits per heavy atom. The molecule has 10 atom stereocenters. The van der Waals surface area contributed by atoms with Crippen LogP contribution in [-0.4, -0.2) is 63.6 Å². The molecule has 0 aromatic rings. The van der Waals surface area contributed by atoms with Crippen molar-refractivity contribution < 1.29 is 38.8 Å². The maximum Gasteiger partial charge on any atom is 0.314 e. The van der Waals surface area contributed by atoms with Crippen molar-refractivity contribution >= 4 is 17.7 Å². The molecule has 3 heterocycles. The monoisotopic (exact) mass is 694 g/mol. The Morgan fingerprint density at radius 2 is 1.60 bits per heavy atom. The molecule has 0 spiro atoms. The van der Waals surface area contributed by atoms with Crippen molar-refractivity contribution in [1.82, 2.24) is 0 Å². The highest BCUT2D eigenvalue weighted by Crippen LogP contribution is 2.61. The number of esters is 2. The van der Waals surface area contributed by atoms with E-state index in [0.717, 1.165) is 34.3 Å². The van der Waals surface area contributed by atoms with Gasteiger partial charge in [-0.25, -0.2) is 0 Å². The molecule has 3 aliphatic heterocycles. The lowest BCUT2D eigenvalue weighted by atomic mass is 9.53. The second-order valence-corrected chi connectivity index (χ2v) is 17.3. The first-order valence-corrected chi connectivity index (χ1v) is 19.1. The Hall–Kier alpha value is -2.55. The van der Waals surface area contributed by atoms with Gasteiger partial charge in [-0.15, -0.1) is 0 Å². The van der Waals surface area contributed by atoms with E-state index in [0.29, 0.717) is 57.8 Å². The Morgan fingerprint density at radius 1 is 0.920 bits per heavy atom. The molecule has 0 saturated carbocycles.